The summed E-state index contributed by atoms with van der Waals surface area (Å²) in [4.78, 5) is 0. The van der Waals surface area contributed by atoms with E-state index in [1.165, 1.54) is 60.1 Å². The molecule has 4 rings (SSSR count). The smallest absolute Gasteiger partial charge is 0.0750 e. The van der Waals surface area contributed by atoms with Gasteiger partial charge in [0, 0.05) is 5.54 Å². The van der Waals surface area contributed by atoms with Gasteiger partial charge in [0.25, 0.3) is 0 Å². The minimum atomic E-state index is -2.82. The van der Waals surface area contributed by atoms with Gasteiger partial charge in [-0.25, -0.2) is 0 Å². The molecule has 1 radical (unpaired) electrons. The molecular weight excluding hydrogens is 569 g/mol. The van der Waals surface area contributed by atoms with Gasteiger partial charge in [-0.05, 0) is 95.4 Å². The molecular formula is C45H63Si. The van der Waals surface area contributed by atoms with E-state index in [1.807, 2.05) is 0 Å². The zero-order valence-corrected chi connectivity index (χ0v) is 32.9. The van der Waals surface area contributed by atoms with Gasteiger partial charge in [0.15, 0.2) is 8.07 Å². The first-order valence-corrected chi connectivity index (χ1v) is 20.1. The van der Waals surface area contributed by atoms with Gasteiger partial charge in [-0.2, -0.15) is 0 Å². The summed E-state index contributed by atoms with van der Waals surface area (Å²) in [6.45, 7) is 35.4. The lowest BCUT2D eigenvalue weighted by Crippen LogP contribution is -2.70. The fourth-order valence-corrected chi connectivity index (χ4v) is 11.8. The van der Waals surface area contributed by atoms with E-state index in [0.717, 1.165) is 0 Å². The van der Waals surface area contributed by atoms with Gasteiger partial charge in [0.1, 0.15) is 0 Å². The average molecular weight is 632 g/mol. The molecule has 0 heterocycles. The van der Waals surface area contributed by atoms with Gasteiger partial charge in [-0.15, -0.1) is 0 Å². The van der Waals surface area contributed by atoms with Crippen molar-refractivity contribution in [2.24, 2.45) is 5.41 Å². The van der Waals surface area contributed by atoms with Gasteiger partial charge < -0.3 is 0 Å². The highest BCUT2D eigenvalue weighted by atomic mass is 28.3. The summed E-state index contributed by atoms with van der Waals surface area (Å²) in [7, 11) is -2.82. The van der Waals surface area contributed by atoms with Gasteiger partial charge >= 0.3 is 0 Å². The summed E-state index contributed by atoms with van der Waals surface area (Å²) < 4.78 is 0. The summed E-state index contributed by atoms with van der Waals surface area (Å²) in [5, 5.41) is 4.58. The second-order valence-corrected chi connectivity index (χ2v) is 20.8. The van der Waals surface area contributed by atoms with E-state index >= 15 is 0 Å². The van der Waals surface area contributed by atoms with Crippen molar-refractivity contribution in [1.29, 1.82) is 0 Å². The molecule has 0 aromatic heterocycles. The molecule has 3 aromatic carbocycles. The molecule has 3 aromatic rings. The minimum absolute atomic E-state index is 0.0764. The monoisotopic (exact) mass is 631 g/mol. The highest BCUT2D eigenvalue weighted by Gasteiger charge is 2.48. The third kappa shape index (κ3) is 7.25. The maximum atomic E-state index is 2.61. The summed E-state index contributed by atoms with van der Waals surface area (Å²) >= 11 is 0. The second kappa shape index (κ2) is 13.8. The fraction of sp³-hybridized carbons (Fsp3) is 0.489. The first-order chi connectivity index (χ1) is 21.4. The highest BCUT2D eigenvalue weighted by Crippen LogP contribution is 2.38. The van der Waals surface area contributed by atoms with E-state index in [1.54, 1.807) is 0 Å². The van der Waals surface area contributed by atoms with Crippen molar-refractivity contribution in [1.82, 2.24) is 0 Å². The maximum absolute atomic E-state index is 2.82. The van der Waals surface area contributed by atoms with Crippen molar-refractivity contribution in [2.75, 3.05) is 0 Å². The largest absolute Gasteiger partial charge is 0.162 e. The van der Waals surface area contributed by atoms with Crippen molar-refractivity contribution in [2.45, 2.75) is 139 Å². The van der Waals surface area contributed by atoms with Crippen LogP contribution in [0.4, 0.5) is 0 Å². The van der Waals surface area contributed by atoms with Gasteiger partial charge in [-0.3, -0.25) is 0 Å². The van der Waals surface area contributed by atoms with Crippen LogP contribution >= 0.6 is 0 Å². The Hall–Kier alpha value is -2.64. The van der Waals surface area contributed by atoms with Crippen LogP contribution in [0.2, 0.25) is 0 Å². The Morgan fingerprint density at radius 3 is 0.848 bits per heavy atom. The van der Waals surface area contributed by atoms with Crippen LogP contribution < -0.4 is 15.6 Å². The minimum Gasteiger partial charge on any atom is -0.0750 e. The Bertz CT molecular complexity index is 1350. The Morgan fingerprint density at radius 2 is 0.652 bits per heavy atom. The summed E-state index contributed by atoms with van der Waals surface area (Å²) in [5.74, 6) is 2.72. The topological polar surface area (TPSA) is 0 Å². The molecule has 0 N–H and O–H groups in total. The first kappa shape index (κ1) is 36.2. The molecule has 0 atom stereocenters. The van der Waals surface area contributed by atoms with Crippen LogP contribution in [-0.4, -0.2) is 8.07 Å². The first-order valence-electron chi connectivity index (χ1n) is 18.1. The van der Waals surface area contributed by atoms with Crippen LogP contribution in [0.5, 0.6) is 0 Å². The van der Waals surface area contributed by atoms with Crippen molar-refractivity contribution >= 4 is 23.6 Å². The molecule has 0 spiro atoms. The molecule has 0 fully saturated rings. The normalized spacial score (nSPS) is 14.7. The second-order valence-electron chi connectivity index (χ2n) is 17.0. The van der Waals surface area contributed by atoms with E-state index in [0.29, 0.717) is 35.5 Å². The number of rotatable bonds is 10. The van der Waals surface area contributed by atoms with Crippen molar-refractivity contribution in [3.05, 3.63) is 117 Å². The zero-order chi connectivity index (χ0) is 34.3. The van der Waals surface area contributed by atoms with E-state index in [-0.39, 0.29) is 5.41 Å². The molecule has 0 aliphatic heterocycles. The lowest BCUT2D eigenvalue weighted by atomic mass is 9.87. The number of hydrogen-bond acceptors (Lipinski definition) is 0. The Balaban J connectivity index is 2.34. The number of allylic oxidation sites excluding steroid dienone is 4. The van der Waals surface area contributed by atoms with Crippen LogP contribution in [0.25, 0.3) is 0 Å². The van der Waals surface area contributed by atoms with Crippen molar-refractivity contribution in [3.8, 4) is 0 Å². The summed E-state index contributed by atoms with van der Waals surface area (Å²) in [6.07, 6.45) is 7.54. The van der Waals surface area contributed by atoms with Gasteiger partial charge in [0.05, 0.1) is 0 Å². The fourth-order valence-electron chi connectivity index (χ4n) is 6.82. The SMILES string of the molecule is CC(C)c1cc(C(C)C)cc([Si]([C]2C=CC(C(C)(C)C)=C2)(c2cc(C(C)C)cc(C(C)C)c2)c2cc(C(C)C)cc(C(C)C)c2)c1. The predicted octanol–water partition coefficient (Wildman–Crippen LogP) is 11.6. The molecule has 1 heteroatoms. The van der Waals surface area contributed by atoms with Crippen LogP contribution in [0.15, 0.2) is 78.4 Å². The molecule has 0 saturated carbocycles. The van der Waals surface area contributed by atoms with Crippen LogP contribution in [-0.2, 0) is 0 Å². The molecule has 1 aliphatic carbocycles. The van der Waals surface area contributed by atoms with Gasteiger partial charge in [-0.1, -0.05) is 177 Å². The highest BCUT2D eigenvalue weighted by molar-refractivity contribution is 7.15. The van der Waals surface area contributed by atoms with Crippen LogP contribution in [0.1, 0.15) is 173 Å². The van der Waals surface area contributed by atoms with Crippen LogP contribution in [0.3, 0.4) is 0 Å². The molecule has 46 heavy (non-hydrogen) atoms. The molecule has 0 saturated heterocycles. The molecule has 0 bridgehead atoms. The molecule has 0 amide bonds. The lowest BCUT2D eigenvalue weighted by Gasteiger charge is -2.40. The standard InChI is InChI=1S/C45H63Si/c1-28(2)34-18-35(29(3)4)22-42(21-34)46(41-17-16-40(27-41)45(13,14)15,43-23-36(30(5)6)19-37(24-43)31(7)8)44-25-38(32(9)10)20-39(26-44)33(11)12/h16-33H,1-15H3. The maximum Gasteiger partial charge on any atom is 0.162 e. The van der Waals surface area contributed by atoms with Crippen molar-refractivity contribution in [3.63, 3.8) is 0 Å². The third-order valence-electron chi connectivity index (χ3n) is 10.3. The number of benzene rings is 3. The lowest BCUT2D eigenvalue weighted by molar-refractivity contribution is 0.518. The molecule has 247 valence electrons. The van der Waals surface area contributed by atoms with Gasteiger partial charge in [0.2, 0.25) is 0 Å². The number of hydrogen-bond donors (Lipinski definition) is 0. The molecule has 1 aliphatic rings. The van der Waals surface area contributed by atoms with E-state index < -0.39 is 8.07 Å². The quantitative estimate of drug-likeness (QED) is 0.154. The van der Waals surface area contributed by atoms with E-state index in [4.69, 9.17) is 0 Å². The average Bonchev–Trinajstić information content (AvgIpc) is 3.48. The zero-order valence-electron chi connectivity index (χ0n) is 31.9. The summed E-state index contributed by atoms with van der Waals surface area (Å²) in [5.41, 5.74) is 11.7. The van der Waals surface area contributed by atoms with Crippen LogP contribution in [0, 0.1) is 11.0 Å². The van der Waals surface area contributed by atoms with E-state index in [9.17, 15) is 0 Å². The Kier molecular flexibility index (Phi) is 10.9. The Labute approximate surface area is 284 Å². The van der Waals surface area contributed by atoms with E-state index in [2.05, 4.69) is 177 Å². The Morgan fingerprint density at radius 1 is 0.391 bits per heavy atom. The summed E-state index contributed by atoms with van der Waals surface area (Å²) in [6, 6.07) is 23.1. The molecule has 0 nitrogen and oxygen atoms in total. The molecule has 0 unspecified atom stereocenters. The third-order valence-corrected chi connectivity index (χ3v) is 14.9. The van der Waals surface area contributed by atoms with Crippen molar-refractivity contribution < 1.29 is 0 Å². The predicted molar refractivity (Wildman–Crippen MR) is 208 cm³/mol.